The fourth-order valence-electron chi connectivity index (χ4n) is 1.61. The van der Waals surface area contributed by atoms with Crippen molar-refractivity contribution in [3.8, 4) is 0 Å². The van der Waals surface area contributed by atoms with Gasteiger partial charge < -0.3 is 9.73 Å². The summed E-state index contributed by atoms with van der Waals surface area (Å²) in [5, 5.41) is 2.78. The number of carbonyl (C=O) groups excluding carboxylic acids is 1. The van der Waals surface area contributed by atoms with E-state index in [1.54, 1.807) is 12.1 Å². The molecule has 2 aromatic rings. The van der Waals surface area contributed by atoms with E-state index in [4.69, 9.17) is 16.0 Å². The smallest absolute Gasteiger partial charge is 0.287 e. The Balaban J connectivity index is 2.00. The molecule has 0 radical (unpaired) electrons. The first-order chi connectivity index (χ1) is 9.92. The van der Waals surface area contributed by atoms with Crippen LogP contribution in [-0.4, -0.2) is 21.4 Å². The lowest BCUT2D eigenvalue weighted by atomic mass is 10.2. The van der Waals surface area contributed by atoms with E-state index in [0.717, 1.165) is 5.56 Å². The van der Waals surface area contributed by atoms with Crippen LogP contribution < -0.4 is 10.0 Å². The maximum absolute atomic E-state index is 11.7. The van der Waals surface area contributed by atoms with Gasteiger partial charge in [-0.3, -0.25) is 4.79 Å². The molecule has 0 saturated heterocycles. The molecule has 0 unspecified atom stereocenters. The maximum Gasteiger partial charge on any atom is 0.287 e. The fraction of sp³-hybridized carbons (Fsp3) is 0.154. The number of amides is 1. The molecule has 1 aromatic carbocycles. The van der Waals surface area contributed by atoms with E-state index in [1.807, 2.05) is 0 Å². The van der Waals surface area contributed by atoms with Gasteiger partial charge in [-0.15, -0.1) is 0 Å². The Kier molecular flexibility index (Phi) is 4.66. The highest BCUT2D eigenvalue weighted by Gasteiger charge is 2.12. The summed E-state index contributed by atoms with van der Waals surface area (Å²) in [5.41, 5.74) is 0.760. The lowest BCUT2D eigenvalue weighted by molar-refractivity contribution is 0.0923. The molecule has 21 heavy (non-hydrogen) atoms. The predicted molar refractivity (Wildman–Crippen MR) is 77.6 cm³/mol. The van der Waals surface area contributed by atoms with Crippen molar-refractivity contribution in [2.24, 2.45) is 0 Å². The molecule has 0 fully saturated rings. The average Bonchev–Trinajstić information content (AvgIpc) is 2.92. The van der Waals surface area contributed by atoms with E-state index >= 15 is 0 Å². The second-order valence-electron chi connectivity index (χ2n) is 4.14. The van der Waals surface area contributed by atoms with Crippen molar-refractivity contribution in [2.45, 2.75) is 11.4 Å². The molecule has 6 nitrogen and oxygen atoms in total. The highest BCUT2D eigenvalue weighted by Crippen LogP contribution is 2.13. The van der Waals surface area contributed by atoms with E-state index in [2.05, 4.69) is 10.0 Å². The highest BCUT2D eigenvalue weighted by atomic mass is 35.5. The number of rotatable bonds is 5. The topological polar surface area (TPSA) is 88.4 Å². The average molecular weight is 329 g/mol. The van der Waals surface area contributed by atoms with Gasteiger partial charge in [0.05, 0.1) is 4.90 Å². The molecule has 0 saturated carbocycles. The van der Waals surface area contributed by atoms with Crippen LogP contribution >= 0.6 is 11.6 Å². The molecule has 2 rings (SSSR count). The van der Waals surface area contributed by atoms with Gasteiger partial charge in [-0.2, -0.15) is 0 Å². The molecule has 0 aliphatic carbocycles. The summed E-state index contributed by atoms with van der Waals surface area (Å²) in [6, 6.07) is 9.14. The van der Waals surface area contributed by atoms with E-state index < -0.39 is 15.9 Å². The molecule has 0 bridgehead atoms. The standard InChI is InChI=1S/C13H13ClN2O4S/c1-15-21(18,19)10-4-2-9(3-5-10)8-16-13(17)11-6-7-12(14)20-11/h2-7,15H,8H2,1H3,(H,16,17). The predicted octanol–water partition coefficient (Wildman–Crippen LogP) is 1.77. The quantitative estimate of drug-likeness (QED) is 0.875. The number of carbonyl (C=O) groups is 1. The maximum atomic E-state index is 11.7. The number of nitrogens with one attached hydrogen (secondary N) is 2. The van der Waals surface area contributed by atoms with Crippen LogP contribution in [0.15, 0.2) is 45.7 Å². The van der Waals surface area contributed by atoms with Crippen molar-refractivity contribution in [2.75, 3.05) is 7.05 Å². The van der Waals surface area contributed by atoms with Crippen LogP contribution in [0.5, 0.6) is 0 Å². The zero-order valence-electron chi connectivity index (χ0n) is 11.1. The van der Waals surface area contributed by atoms with Gasteiger partial charge >= 0.3 is 0 Å². The first-order valence-electron chi connectivity index (χ1n) is 5.98. The van der Waals surface area contributed by atoms with Crippen LogP contribution in [0.25, 0.3) is 0 Å². The molecule has 2 N–H and O–H groups in total. The van der Waals surface area contributed by atoms with E-state index in [1.165, 1.54) is 31.3 Å². The second kappa shape index (κ2) is 6.30. The molecular formula is C13H13ClN2O4S. The minimum absolute atomic E-state index is 0.120. The zero-order chi connectivity index (χ0) is 15.5. The van der Waals surface area contributed by atoms with E-state index in [0.29, 0.717) is 0 Å². The zero-order valence-corrected chi connectivity index (χ0v) is 12.7. The minimum atomic E-state index is -3.45. The Hall–Kier alpha value is -1.83. The van der Waals surface area contributed by atoms with Crippen molar-refractivity contribution in [3.63, 3.8) is 0 Å². The largest absolute Gasteiger partial charge is 0.440 e. The molecule has 1 aromatic heterocycles. The third kappa shape index (κ3) is 3.84. The number of benzene rings is 1. The summed E-state index contributed by atoms with van der Waals surface area (Å²) in [6.45, 7) is 0.247. The fourth-order valence-corrected chi connectivity index (χ4v) is 2.49. The Labute approximate surface area is 127 Å². The molecule has 1 amide bonds. The Bertz CT molecular complexity index is 738. The Morgan fingerprint density at radius 1 is 1.19 bits per heavy atom. The van der Waals surface area contributed by atoms with Gasteiger partial charge in [0.15, 0.2) is 11.0 Å². The van der Waals surface area contributed by atoms with Gasteiger partial charge in [0.1, 0.15) is 0 Å². The Morgan fingerprint density at radius 3 is 2.38 bits per heavy atom. The minimum Gasteiger partial charge on any atom is -0.440 e. The summed E-state index contributed by atoms with van der Waals surface area (Å²) in [7, 11) is -2.11. The van der Waals surface area contributed by atoms with Crippen LogP contribution in [0.1, 0.15) is 16.1 Å². The first kappa shape index (κ1) is 15.6. The second-order valence-corrected chi connectivity index (χ2v) is 6.40. The van der Waals surface area contributed by atoms with Crippen LogP contribution in [-0.2, 0) is 16.6 Å². The molecular weight excluding hydrogens is 316 g/mol. The number of hydrogen-bond acceptors (Lipinski definition) is 4. The molecule has 0 spiro atoms. The summed E-state index contributed by atoms with van der Waals surface area (Å²) in [6.07, 6.45) is 0. The number of hydrogen-bond donors (Lipinski definition) is 2. The molecule has 0 aliphatic rings. The summed E-state index contributed by atoms with van der Waals surface area (Å²) < 4.78 is 30.3. The molecule has 8 heteroatoms. The molecule has 0 atom stereocenters. The van der Waals surface area contributed by atoms with E-state index in [-0.39, 0.29) is 22.4 Å². The summed E-state index contributed by atoms with van der Waals surface area (Å²) >= 11 is 5.59. The van der Waals surface area contributed by atoms with Gasteiger partial charge in [0, 0.05) is 6.54 Å². The van der Waals surface area contributed by atoms with Crippen LogP contribution in [0.4, 0.5) is 0 Å². The van der Waals surface area contributed by atoms with Crippen molar-refractivity contribution in [1.29, 1.82) is 0 Å². The number of sulfonamides is 1. The normalized spacial score (nSPS) is 11.3. The van der Waals surface area contributed by atoms with Crippen molar-refractivity contribution >= 4 is 27.5 Å². The molecule has 1 heterocycles. The van der Waals surface area contributed by atoms with Gasteiger partial charge in [-0.25, -0.2) is 13.1 Å². The lowest BCUT2D eigenvalue weighted by Gasteiger charge is -2.06. The third-order valence-corrected chi connectivity index (χ3v) is 4.39. The van der Waals surface area contributed by atoms with Gasteiger partial charge in [-0.1, -0.05) is 12.1 Å². The summed E-state index contributed by atoms with van der Waals surface area (Å²) in [4.78, 5) is 11.9. The Morgan fingerprint density at radius 2 is 1.86 bits per heavy atom. The van der Waals surface area contributed by atoms with E-state index in [9.17, 15) is 13.2 Å². The van der Waals surface area contributed by atoms with Gasteiger partial charge in [0.25, 0.3) is 5.91 Å². The van der Waals surface area contributed by atoms with Crippen molar-refractivity contribution < 1.29 is 17.6 Å². The lowest BCUT2D eigenvalue weighted by Crippen LogP contribution is -2.22. The highest BCUT2D eigenvalue weighted by molar-refractivity contribution is 7.89. The molecule has 112 valence electrons. The monoisotopic (exact) mass is 328 g/mol. The third-order valence-electron chi connectivity index (χ3n) is 2.75. The van der Waals surface area contributed by atoms with Crippen molar-refractivity contribution in [1.82, 2.24) is 10.0 Å². The van der Waals surface area contributed by atoms with Crippen LogP contribution in [0, 0.1) is 0 Å². The number of furan rings is 1. The van der Waals surface area contributed by atoms with Crippen LogP contribution in [0.3, 0.4) is 0 Å². The van der Waals surface area contributed by atoms with Crippen LogP contribution in [0.2, 0.25) is 5.22 Å². The van der Waals surface area contributed by atoms with Gasteiger partial charge in [-0.05, 0) is 48.5 Å². The number of halogens is 1. The SMILES string of the molecule is CNS(=O)(=O)c1ccc(CNC(=O)c2ccc(Cl)o2)cc1. The molecule has 0 aliphatic heterocycles. The van der Waals surface area contributed by atoms with Gasteiger partial charge in [0.2, 0.25) is 10.0 Å². The first-order valence-corrected chi connectivity index (χ1v) is 7.84. The summed E-state index contributed by atoms with van der Waals surface area (Å²) in [5.74, 6) is -0.275. The van der Waals surface area contributed by atoms with Crippen molar-refractivity contribution in [3.05, 3.63) is 52.9 Å².